The van der Waals surface area contributed by atoms with Gasteiger partial charge in [0.2, 0.25) is 0 Å². The van der Waals surface area contributed by atoms with Crippen molar-refractivity contribution in [2.24, 2.45) is 0 Å². The minimum absolute atomic E-state index is 0.120. The highest BCUT2D eigenvalue weighted by Crippen LogP contribution is 2.23. The van der Waals surface area contributed by atoms with Gasteiger partial charge >= 0.3 is 0 Å². The van der Waals surface area contributed by atoms with Crippen molar-refractivity contribution in [1.29, 1.82) is 0 Å². The maximum absolute atomic E-state index is 12.8. The third-order valence-corrected chi connectivity index (χ3v) is 4.77. The lowest BCUT2D eigenvalue weighted by molar-refractivity contribution is 0.102. The Morgan fingerprint density at radius 3 is 2.67 bits per heavy atom. The standard InChI is InChI=1S/C23H21N3O/c1-3-17-11-7-8-16(2)22(17)25-23(27)19-12-13-26-15-20(24-21(26)14-19)18-9-5-4-6-10-18/h4-15H,3H2,1-2H3,(H,25,27). The Bertz CT molecular complexity index is 1110. The lowest BCUT2D eigenvalue weighted by atomic mass is 10.1. The second-order valence-electron chi connectivity index (χ2n) is 6.59. The molecular weight excluding hydrogens is 334 g/mol. The van der Waals surface area contributed by atoms with E-state index >= 15 is 0 Å². The minimum Gasteiger partial charge on any atom is -0.321 e. The highest BCUT2D eigenvalue weighted by atomic mass is 16.1. The summed E-state index contributed by atoms with van der Waals surface area (Å²) < 4.78 is 1.93. The van der Waals surface area contributed by atoms with Crippen molar-refractivity contribution in [1.82, 2.24) is 9.38 Å². The molecule has 134 valence electrons. The van der Waals surface area contributed by atoms with Crippen LogP contribution < -0.4 is 5.32 Å². The van der Waals surface area contributed by atoms with Crippen LogP contribution in [0.1, 0.15) is 28.4 Å². The van der Waals surface area contributed by atoms with Gasteiger partial charge in [0.15, 0.2) is 0 Å². The number of imidazole rings is 1. The van der Waals surface area contributed by atoms with E-state index in [1.165, 1.54) is 0 Å². The third kappa shape index (κ3) is 3.34. The first-order chi connectivity index (χ1) is 13.2. The molecule has 0 radical (unpaired) electrons. The molecule has 4 aromatic rings. The zero-order chi connectivity index (χ0) is 18.8. The van der Waals surface area contributed by atoms with E-state index in [0.29, 0.717) is 5.56 Å². The average Bonchev–Trinajstić information content (AvgIpc) is 3.13. The molecule has 4 rings (SSSR count). The molecule has 2 aromatic carbocycles. The predicted octanol–water partition coefficient (Wildman–Crippen LogP) is 5.12. The summed E-state index contributed by atoms with van der Waals surface area (Å²) in [6.07, 6.45) is 4.72. The van der Waals surface area contributed by atoms with Crippen molar-refractivity contribution in [3.63, 3.8) is 0 Å². The van der Waals surface area contributed by atoms with Gasteiger partial charge < -0.3 is 9.72 Å². The number of rotatable bonds is 4. The SMILES string of the molecule is CCc1cccc(C)c1NC(=O)c1ccn2cc(-c3ccccc3)nc2c1. The van der Waals surface area contributed by atoms with Crippen LogP contribution in [0.15, 0.2) is 73.1 Å². The minimum atomic E-state index is -0.120. The van der Waals surface area contributed by atoms with Crippen molar-refractivity contribution in [2.75, 3.05) is 5.32 Å². The van der Waals surface area contributed by atoms with Crippen LogP contribution in [0.5, 0.6) is 0 Å². The molecule has 2 heterocycles. The number of aryl methyl sites for hydroxylation is 2. The highest BCUT2D eigenvalue weighted by molar-refractivity contribution is 6.05. The van der Waals surface area contributed by atoms with Crippen LogP contribution in [0.3, 0.4) is 0 Å². The lowest BCUT2D eigenvalue weighted by Gasteiger charge is -2.13. The zero-order valence-corrected chi connectivity index (χ0v) is 15.4. The third-order valence-electron chi connectivity index (χ3n) is 4.77. The number of hydrogen-bond acceptors (Lipinski definition) is 2. The van der Waals surface area contributed by atoms with E-state index in [1.54, 1.807) is 0 Å². The van der Waals surface area contributed by atoms with E-state index in [1.807, 2.05) is 84.4 Å². The van der Waals surface area contributed by atoms with Gasteiger partial charge in [0, 0.05) is 29.2 Å². The largest absolute Gasteiger partial charge is 0.321 e. The Labute approximate surface area is 158 Å². The number of benzene rings is 2. The van der Waals surface area contributed by atoms with Crippen LogP contribution in [-0.2, 0) is 6.42 Å². The summed E-state index contributed by atoms with van der Waals surface area (Å²) in [4.78, 5) is 17.5. The van der Waals surface area contributed by atoms with Crippen molar-refractivity contribution in [3.8, 4) is 11.3 Å². The molecule has 2 aromatic heterocycles. The Balaban J connectivity index is 1.65. The van der Waals surface area contributed by atoms with Crippen LogP contribution in [0.2, 0.25) is 0 Å². The second kappa shape index (κ2) is 7.08. The molecule has 0 aliphatic heterocycles. The highest BCUT2D eigenvalue weighted by Gasteiger charge is 2.12. The molecule has 1 amide bonds. The van der Waals surface area contributed by atoms with E-state index in [4.69, 9.17) is 0 Å². The summed E-state index contributed by atoms with van der Waals surface area (Å²) >= 11 is 0. The molecule has 4 nitrogen and oxygen atoms in total. The first-order valence-electron chi connectivity index (χ1n) is 9.09. The molecule has 0 aliphatic rings. The van der Waals surface area contributed by atoms with Crippen molar-refractivity contribution in [2.45, 2.75) is 20.3 Å². The molecule has 0 fully saturated rings. The molecule has 0 atom stereocenters. The van der Waals surface area contributed by atoms with Gasteiger partial charge in [0.1, 0.15) is 5.65 Å². The van der Waals surface area contributed by atoms with Gasteiger partial charge in [-0.1, -0.05) is 55.5 Å². The Hall–Kier alpha value is -3.40. The lowest BCUT2D eigenvalue weighted by Crippen LogP contribution is -2.14. The molecular formula is C23H21N3O. The average molecular weight is 355 g/mol. The van der Waals surface area contributed by atoms with Gasteiger partial charge in [0.25, 0.3) is 5.91 Å². The molecule has 0 spiro atoms. The quantitative estimate of drug-likeness (QED) is 0.552. The van der Waals surface area contributed by atoms with E-state index in [2.05, 4.69) is 17.2 Å². The monoisotopic (exact) mass is 355 g/mol. The molecule has 4 heteroatoms. The number of carbonyl (C=O) groups is 1. The van der Waals surface area contributed by atoms with E-state index in [0.717, 1.165) is 40.1 Å². The predicted molar refractivity (Wildman–Crippen MR) is 109 cm³/mol. The van der Waals surface area contributed by atoms with Gasteiger partial charge in [-0.05, 0) is 36.6 Å². The Morgan fingerprint density at radius 2 is 1.89 bits per heavy atom. The summed E-state index contributed by atoms with van der Waals surface area (Å²) in [7, 11) is 0. The topological polar surface area (TPSA) is 46.4 Å². The van der Waals surface area contributed by atoms with Gasteiger partial charge in [-0.3, -0.25) is 4.79 Å². The van der Waals surface area contributed by atoms with Crippen LogP contribution in [-0.4, -0.2) is 15.3 Å². The maximum atomic E-state index is 12.8. The second-order valence-corrected chi connectivity index (χ2v) is 6.59. The molecule has 1 N–H and O–H groups in total. The number of nitrogens with one attached hydrogen (secondary N) is 1. The first-order valence-corrected chi connectivity index (χ1v) is 9.09. The van der Waals surface area contributed by atoms with Crippen molar-refractivity contribution in [3.05, 3.63) is 89.7 Å². The van der Waals surface area contributed by atoms with E-state index in [9.17, 15) is 4.79 Å². The van der Waals surface area contributed by atoms with Gasteiger partial charge in [-0.2, -0.15) is 0 Å². The number of amides is 1. The maximum Gasteiger partial charge on any atom is 0.255 e. The first kappa shape index (κ1) is 17.0. The smallest absolute Gasteiger partial charge is 0.255 e. The van der Waals surface area contributed by atoms with Gasteiger partial charge in [0.05, 0.1) is 5.69 Å². The molecule has 27 heavy (non-hydrogen) atoms. The van der Waals surface area contributed by atoms with Crippen LogP contribution in [0.4, 0.5) is 5.69 Å². The fourth-order valence-electron chi connectivity index (χ4n) is 3.26. The summed E-state index contributed by atoms with van der Waals surface area (Å²) in [6, 6.07) is 19.8. The fraction of sp³-hybridized carbons (Fsp3) is 0.130. The molecule has 0 unspecified atom stereocenters. The number of carbonyl (C=O) groups excluding carboxylic acids is 1. The molecule has 0 saturated carbocycles. The number of para-hydroxylation sites is 1. The van der Waals surface area contributed by atoms with Gasteiger partial charge in [-0.15, -0.1) is 0 Å². The molecule has 0 bridgehead atoms. The van der Waals surface area contributed by atoms with Crippen LogP contribution >= 0.6 is 0 Å². The fourth-order valence-corrected chi connectivity index (χ4v) is 3.26. The van der Waals surface area contributed by atoms with E-state index < -0.39 is 0 Å². The number of fused-ring (bicyclic) bond motifs is 1. The molecule has 0 saturated heterocycles. The normalized spacial score (nSPS) is 10.9. The Morgan fingerprint density at radius 1 is 1.07 bits per heavy atom. The van der Waals surface area contributed by atoms with E-state index in [-0.39, 0.29) is 5.91 Å². The number of pyridine rings is 1. The van der Waals surface area contributed by atoms with Crippen LogP contribution in [0.25, 0.3) is 16.9 Å². The van der Waals surface area contributed by atoms with Crippen molar-refractivity contribution >= 4 is 17.2 Å². The Kier molecular flexibility index (Phi) is 4.47. The van der Waals surface area contributed by atoms with Crippen molar-refractivity contribution < 1.29 is 4.79 Å². The molecule has 0 aliphatic carbocycles. The summed E-state index contributed by atoms with van der Waals surface area (Å²) in [5, 5.41) is 3.07. The number of aromatic nitrogens is 2. The number of nitrogens with zero attached hydrogens (tertiary/aromatic N) is 2. The van der Waals surface area contributed by atoms with Crippen LogP contribution in [0, 0.1) is 6.92 Å². The summed E-state index contributed by atoms with van der Waals surface area (Å²) in [6.45, 7) is 4.10. The van der Waals surface area contributed by atoms with Gasteiger partial charge in [-0.25, -0.2) is 4.98 Å². The number of anilines is 1. The summed E-state index contributed by atoms with van der Waals surface area (Å²) in [5.41, 5.74) is 6.39. The summed E-state index contributed by atoms with van der Waals surface area (Å²) in [5.74, 6) is -0.120. The zero-order valence-electron chi connectivity index (χ0n) is 15.4. The number of hydrogen-bond donors (Lipinski definition) is 1.